The third-order valence-corrected chi connectivity index (χ3v) is 6.99. The summed E-state index contributed by atoms with van der Waals surface area (Å²) >= 11 is 0. The van der Waals surface area contributed by atoms with E-state index in [4.69, 9.17) is 4.74 Å². The normalized spacial score (nSPS) is 11.7. The molecule has 0 spiro atoms. The Bertz CT molecular complexity index is 947. The molecule has 0 fully saturated rings. The second kappa shape index (κ2) is 9.16. The Morgan fingerprint density at radius 1 is 0.857 bits per heavy atom. The van der Waals surface area contributed by atoms with E-state index in [9.17, 15) is 9.36 Å². The molecule has 6 heteroatoms. The van der Waals surface area contributed by atoms with E-state index in [1.165, 1.54) is 0 Å². The van der Waals surface area contributed by atoms with Crippen molar-refractivity contribution in [2.45, 2.75) is 6.92 Å². The Morgan fingerprint density at radius 3 is 1.79 bits per heavy atom. The van der Waals surface area contributed by atoms with Crippen molar-refractivity contribution in [3.05, 3.63) is 91.0 Å². The zero-order valence-electron chi connectivity index (χ0n) is 15.5. The number of para-hydroxylation sites is 1. The molecule has 0 saturated carbocycles. The first-order chi connectivity index (χ1) is 13.7. The van der Waals surface area contributed by atoms with Crippen molar-refractivity contribution in [3.8, 4) is 0 Å². The number of nitrogens with zero attached hydrogens (tertiary/aromatic N) is 1. The summed E-state index contributed by atoms with van der Waals surface area (Å²) in [6.07, 6.45) is 0. The average Bonchev–Trinajstić information content (AvgIpc) is 2.76. The summed E-state index contributed by atoms with van der Waals surface area (Å²) in [6, 6.07) is 27.0. The van der Waals surface area contributed by atoms with Gasteiger partial charge in [0, 0.05) is 10.6 Å². The molecule has 0 bridgehead atoms. The number of hydrogen-bond donors (Lipinski definition) is 1. The van der Waals surface area contributed by atoms with E-state index in [1.807, 2.05) is 42.5 Å². The largest absolute Gasteiger partial charge is 0.461 e. The molecule has 142 valence electrons. The Morgan fingerprint density at radius 2 is 1.32 bits per heavy atom. The molecule has 0 aromatic heterocycles. The Balaban J connectivity index is 2.17. The Hall–Kier alpha value is -3.17. The van der Waals surface area contributed by atoms with Crippen LogP contribution in [0.25, 0.3) is 0 Å². The third kappa shape index (κ3) is 4.21. The molecule has 0 radical (unpaired) electrons. The number of anilines is 1. The van der Waals surface area contributed by atoms with Crippen LogP contribution in [0, 0.1) is 0 Å². The highest BCUT2D eigenvalue weighted by molar-refractivity contribution is 7.95. The highest BCUT2D eigenvalue weighted by atomic mass is 31.2. The van der Waals surface area contributed by atoms with E-state index in [0.29, 0.717) is 16.3 Å². The van der Waals surface area contributed by atoms with Crippen LogP contribution in [-0.2, 0) is 14.1 Å². The van der Waals surface area contributed by atoms with Crippen LogP contribution in [0.3, 0.4) is 0 Å². The zero-order chi connectivity index (χ0) is 19.8. The molecule has 3 aromatic rings. The predicted molar refractivity (Wildman–Crippen MR) is 114 cm³/mol. The summed E-state index contributed by atoms with van der Waals surface area (Å²) in [5.41, 5.74) is 3.38. The molecule has 0 aliphatic heterocycles. The average molecular weight is 392 g/mol. The maximum absolute atomic E-state index is 14.4. The number of hydrogen-bond acceptors (Lipinski definition) is 5. The monoisotopic (exact) mass is 392 g/mol. The molecule has 3 aromatic carbocycles. The SMILES string of the molecule is CCOC(=O)/C(=N\Nc1ccccc1)P(=O)(c1ccccc1)c1ccccc1. The smallest absolute Gasteiger partial charge is 0.363 e. The van der Waals surface area contributed by atoms with Crippen molar-refractivity contribution >= 4 is 34.9 Å². The van der Waals surface area contributed by atoms with Crippen LogP contribution in [0.1, 0.15) is 6.92 Å². The van der Waals surface area contributed by atoms with Gasteiger partial charge in [0.15, 0.2) is 7.14 Å². The van der Waals surface area contributed by atoms with Gasteiger partial charge in [0.25, 0.3) is 0 Å². The van der Waals surface area contributed by atoms with E-state index < -0.39 is 13.1 Å². The first-order valence-electron chi connectivity index (χ1n) is 8.94. The first kappa shape index (κ1) is 19.6. The van der Waals surface area contributed by atoms with E-state index in [2.05, 4.69) is 10.5 Å². The topological polar surface area (TPSA) is 67.8 Å². The van der Waals surface area contributed by atoms with Crippen LogP contribution in [0.2, 0.25) is 0 Å². The van der Waals surface area contributed by atoms with E-state index >= 15 is 0 Å². The number of rotatable bonds is 7. The molecule has 0 saturated heterocycles. The fourth-order valence-electron chi connectivity index (χ4n) is 2.74. The van der Waals surface area contributed by atoms with Crippen LogP contribution in [0.15, 0.2) is 96.1 Å². The van der Waals surface area contributed by atoms with Crippen molar-refractivity contribution in [3.63, 3.8) is 0 Å². The van der Waals surface area contributed by atoms with Gasteiger partial charge in [-0.05, 0) is 19.1 Å². The van der Waals surface area contributed by atoms with Crippen LogP contribution in [-0.4, -0.2) is 18.0 Å². The maximum Gasteiger partial charge on any atom is 0.363 e. The van der Waals surface area contributed by atoms with Crippen molar-refractivity contribution < 1.29 is 14.1 Å². The number of carbonyl (C=O) groups is 1. The molecular formula is C22H21N2O3P. The lowest BCUT2D eigenvalue weighted by Gasteiger charge is -2.20. The van der Waals surface area contributed by atoms with Crippen LogP contribution in [0.5, 0.6) is 0 Å². The second-order valence-electron chi connectivity index (χ2n) is 5.91. The number of esters is 1. The van der Waals surface area contributed by atoms with Crippen LogP contribution < -0.4 is 16.0 Å². The van der Waals surface area contributed by atoms with Gasteiger partial charge in [-0.3, -0.25) is 5.43 Å². The van der Waals surface area contributed by atoms with Gasteiger partial charge in [-0.1, -0.05) is 78.9 Å². The number of carbonyl (C=O) groups excluding carboxylic acids is 1. The fourth-order valence-corrected chi connectivity index (χ4v) is 5.22. The van der Waals surface area contributed by atoms with Gasteiger partial charge >= 0.3 is 5.97 Å². The molecule has 0 aliphatic carbocycles. The molecule has 28 heavy (non-hydrogen) atoms. The maximum atomic E-state index is 14.4. The number of benzene rings is 3. The summed E-state index contributed by atoms with van der Waals surface area (Å²) in [6.45, 7) is 1.86. The molecular weight excluding hydrogens is 371 g/mol. The highest BCUT2D eigenvalue weighted by Crippen LogP contribution is 2.45. The summed E-state index contributed by atoms with van der Waals surface area (Å²) in [7, 11) is -3.54. The fraction of sp³-hybridized carbons (Fsp3) is 0.0909. The number of ether oxygens (including phenoxy) is 1. The molecule has 0 amide bonds. The van der Waals surface area contributed by atoms with E-state index in [-0.39, 0.29) is 12.1 Å². The van der Waals surface area contributed by atoms with Gasteiger partial charge in [-0.2, -0.15) is 5.10 Å². The van der Waals surface area contributed by atoms with Crippen molar-refractivity contribution in [2.75, 3.05) is 12.0 Å². The van der Waals surface area contributed by atoms with Gasteiger partial charge in [0.2, 0.25) is 5.45 Å². The first-order valence-corrected chi connectivity index (χ1v) is 10.6. The molecule has 0 unspecified atom stereocenters. The molecule has 1 N–H and O–H groups in total. The molecule has 0 aliphatic rings. The van der Waals surface area contributed by atoms with Gasteiger partial charge in [-0.15, -0.1) is 0 Å². The lowest BCUT2D eigenvalue weighted by molar-refractivity contribution is -0.134. The second-order valence-corrected chi connectivity index (χ2v) is 8.59. The van der Waals surface area contributed by atoms with Crippen LogP contribution in [0.4, 0.5) is 5.69 Å². The highest BCUT2D eigenvalue weighted by Gasteiger charge is 2.39. The molecule has 3 rings (SSSR count). The van der Waals surface area contributed by atoms with Gasteiger partial charge in [-0.25, -0.2) is 4.79 Å². The summed E-state index contributed by atoms with van der Waals surface area (Å²) in [5.74, 6) is -0.707. The lowest BCUT2D eigenvalue weighted by Crippen LogP contribution is -2.30. The zero-order valence-corrected chi connectivity index (χ0v) is 16.4. The summed E-state index contributed by atoms with van der Waals surface area (Å²) in [5, 5.41) is 5.30. The van der Waals surface area contributed by atoms with Crippen molar-refractivity contribution in [1.82, 2.24) is 0 Å². The van der Waals surface area contributed by atoms with Gasteiger partial charge in [0.05, 0.1) is 12.3 Å². The van der Waals surface area contributed by atoms with Crippen molar-refractivity contribution in [1.29, 1.82) is 0 Å². The standard InChI is InChI=1S/C22H21N2O3P/c1-2-27-22(25)21(24-23-18-12-6-3-7-13-18)28(26,19-14-8-4-9-15-19)20-16-10-5-11-17-20/h3-17,23H,2H2,1H3/b24-21+. The molecule has 0 atom stereocenters. The quantitative estimate of drug-likeness (QED) is 0.286. The van der Waals surface area contributed by atoms with Crippen LogP contribution >= 0.6 is 7.14 Å². The summed E-state index contributed by atoms with van der Waals surface area (Å²) < 4.78 is 19.6. The Labute approximate surface area is 164 Å². The lowest BCUT2D eigenvalue weighted by atomic mass is 10.3. The Kier molecular flexibility index (Phi) is 6.41. The summed E-state index contributed by atoms with van der Waals surface area (Å²) in [4.78, 5) is 12.8. The minimum Gasteiger partial charge on any atom is -0.461 e. The predicted octanol–water partition coefficient (Wildman–Crippen LogP) is 3.99. The van der Waals surface area contributed by atoms with Gasteiger partial charge in [0.1, 0.15) is 0 Å². The van der Waals surface area contributed by atoms with E-state index in [0.717, 1.165) is 0 Å². The minimum absolute atomic E-state index is 0.143. The molecule has 5 nitrogen and oxygen atoms in total. The van der Waals surface area contributed by atoms with E-state index in [1.54, 1.807) is 55.5 Å². The third-order valence-electron chi connectivity index (χ3n) is 4.06. The molecule has 0 heterocycles. The number of hydrazone groups is 1. The number of nitrogens with one attached hydrogen (secondary N) is 1. The van der Waals surface area contributed by atoms with Gasteiger partial charge < -0.3 is 9.30 Å². The minimum atomic E-state index is -3.54. The van der Waals surface area contributed by atoms with Crippen molar-refractivity contribution in [2.24, 2.45) is 5.10 Å².